The molecule has 0 N–H and O–H groups in total. The number of hydrogen-bond donors (Lipinski definition) is 0. The van der Waals surface area contributed by atoms with E-state index in [1.807, 2.05) is 35.6 Å². The summed E-state index contributed by atoms with van der Waals surface area (Å²) in [4.78, 5) is 12.6. The van der Waals surface area contributed by atoms with Gasteiger partial charge in [-0.1, -0.05) is 19.1 Å². The minimum absolute atomic E-state index is 0.152. The summed E-state index contributed by atoms with van der Waals surface area (Å²) < 4.78 is 19.3. The molecule has 0 atom stereocenters. The predicted octanol–water partition coefficient (Wildman–Crippen LogP) is 4.45. The molecule has 0 saturated heterocycles. The number of carbonyl (C=O) groups excluding carboxylic acids is 1. The molecule has 2 aromatic carbocycles. The molecule has 0 fully saturated rings. The molecule has 20 heavy (non-hydrogen) atoms. The number of para-hydroxylation sites is 1. The number of carbonyl (C=O) groups is 1. The van der Waals surface area contributed by atoms with Crippen LogP contribution in [0.1, 0.15) is 29.3 Å². The maximum Gasteiger partial charge on any atom is 0.197 e. The van der Waals surface area contributed by atoms with E-state index in [2.05, 4.69) is 0 Å². The van der Waals surface area contributed by atoms with Gasteiger partial charge in [-0.25, -0.2) is 4.39 Å². The molecule has 2 aromatic rings. The Morgan fingerprint density at radius 1 is 1.20 bits per heavy atom. The van der Waals surface area contributed by atoms with E-state index in [-0.39, 0.29) is 11.6 Å². The molecule has 2 nitrogen and oxygen atoms in total. The smallest absolute Gasteiger partial charge is 0.197 e. The van der Waals surface area contributed by atoms with Gasteiger partial charge in [0.25, 0.3) is 0 Å². The van der Waals surface area contributed by atoms with Crippen molar-refractivity contribution in [1.82, 2.24) is 0 Å². The van der Waals surface area contributed by atoms with Crippen LogP contribution >= 0.6 is 22.6 Å². The summed E-state index contributed by atoms with van der Waals surface area (Å²) in [6.07, 6.45) is 0.872. The molecule has 2 rings (SSSR count). The van der Waals surface area contributed by atoms with E-state index in [9.17, 15) is 9.18 Å². The predicted molar refractivity (Wildman–Crippen MR) is 84.8 cm³/mol. The minimum Gasteiger partial charge on any atom is -0.493 e. The molecule has 0 bridgehead atoms. The van der Waals surface area contributed by atoms with Gasteiger partial charge in [-0.15, -0.1) is 0 Å². The van der Waals surface area contributed by atoms with Crippen LogP contribution < -0.4 is 4.74 Å². The first kappa shape index (κ1) is 15.0. The van der Waals surface area contributed by atoms with Gasteiger partial charge in [-0.2, -0.15) is 0 Å². The molecule has 0 spiro atoms. The molecule has 0 amide bonds. The van der Waals surface area contributed by atoms with Crippen LogP contribution in [-0.2, 0) is 0 Å². The van der Waals surface area contributed by atoms with Crippen molar-refractivity contribution in [2.24, 2.45) is 0 Å². The van der Waals surface area contributed by atoms with E-state index in [4.69, 9.17) is 4.74 Å². The summed E-state index contributed by atoms with van der Waals surface area (Å²) in [5.41, 5.74) is 0.991. The van der Waals surface area contributed by atoms with Gasteiger partial charge in [-0.05, 0) is 59.3 Å². The first-order chi connectivity index (χ1) is 9.63. The van der Waals surface area contributed by atoms with E-state index in [0.717, 1.165) is 6.42 Å². The standard InChI is InChI=1S/C16H14FIO2/c1-2-9-20-15-6-4-3-5-13(15)16(19)12-8-7-11(17)10-14(12)18/h3-8,10H,2,9H2,1H3. The average molecular weight is 384 g/mol. The van der Waals surface area contributed by atoms with E-state index in [0.29, 0.717) is 27.1 Å². The van der Waals surface area contributed by atoms with Gasteiger partial charge in [0, 0.05) is 9.13 Å². The van der Waals surface area contributed by atoms with Crippen molar-refractivity contribution in [3.05, 3.63) is 63.0 Å². The fourth-order valence-corrected chi connectivity index (χ4v) is 2.53. The summed E-state index contributed by atoms with van der Waals surface area (Å²) in [6, 6.07) is 11.3. The Balaban J connectivity index is 2.38. The Morgan fingerprint density at radius 3 is 2.65 bits per heavy atom. The normalized spacial score (nSPS) is 10.3. The molecular formula is C16H14FIO2. The second-order valence-electron chi connectivity index (χ2n) is 4.30. The fourth-order valence-electron chi connectivity index (χ4n) is 1.81. The third-order valence-corrected chi connectivity index (χ3v) is 3.66. The highest BCUT2D eigenvalue weighted by Crippen LogP contribution is 2.24. The van der Waals surface area contributed by atoms with Crippen LogP contribution in [0.4, 0.5) is 4.39 Å². The van der Waals surface area contributed by atoms with Crippen LogP contribution in [0.5, 0.6) is 5.75 Å². The lowest BCUT2D eigenvalue weighted by Gasteiger charge is -2.10. The van der Waals surface area contributed by atoms with Crippen molar-refractivity contribution in [2.45, 2.75) is 13.3 Å². The van der Waals surface area contributed by atoms with Crippen LogP contribution in [0, 0.1) is 9.39 Å². The number of rotatable bonds is 5. The molecule has 4 heteroatoms. The Bertz CT molecular complexity index is 626. The van der Waals surface area contributed by atoms with Crippen molar-refractivity contribution < 1.29 is 13.9 Å². The van der Waals surface area contributed by atoms with Crippen LogP contribution in [-0.4, -0.2) is 12.4 Å². The van der Waals surface area contributed by atoms with E-state index in [1.54, 1.807) is 18.2 Å². The van der Waals surface area contributed by atoms with E-state index >= 15 is 0 Å². The zero-order valence-corrected chi connectivity index (χ0v) is 13.2. The lowest BCUT2D eigenvalue weighted by atomic mass is 10.0. The molecule has 0 aliphatic heterocycles. The van der Waals surface area contributed by atoms with Crippen molar-refractivity contribution in [3.63, 3.8) is 0 Å². The Kier molecular flexibility index (Phi) is 5.11. The topological polar surface area (TPSA) is 26.3 Å². The van der Waals surface area contributed by atoms with Crippen LogP contribution in [0.2, 0.25) is 0 Å². The van der Waals surface area contributed by atoms with Gasteiger partial charge in [0.15, 0.2) is 5.78 Å². The van der Waals surface area contributed by atoms with E-state index < -0.39 is 0 Å². The number of hydrogen-bond acceptors (Lipinski definition) is 2. The maximum atomic E-state index is 13.1. The summed E-state index contributed by atoms with van der Waals surface area (Å²) in [6.45, 7) is 2.57. The van der Waals surface area contributed by atoms with Gasteiger partial charge in [-0.3, -0.25) is 4.79 Å². The number of ether oxygens (including phenoxy) is 1. The lowest BCUT2D eigenvalue weighted by molar-refractivity contribution is 0.103. The molecule has 0 aliphatic carbocycles. The zero-order chi connectivity index (χ0) is 14.5. The van der Waals surface area contributed by atoms with Crippen LogP contribution in [0.25, 0.3) is 0 Å². The minimum atomic E-state index is -0.346. The highest BCUT2D eigenvalue weighted by molar-refractivity contribution is 14.1. The van der Waals surface area contributed by atoms with Crippen LogP contribution in [0.3, 0.4) is 0 Å². The summed E-state index contributed by atoms with van der Waals surface area (Å²) in [5.74, 6) is 0.0713. The lowest BCUT2D eigenvalue weighted by Crippen LogP contribution is -2.07. The second kappa shape index (κ2) is 6.83. The molecule has 0 aliphatic rings. The van der Waals surface area contributed by atoms with E-state index in [1.165, 1.54) is 18.2 Å². The van der Waals surface area contributed by atoms with Crippen molar-refractivity contribution >= 4 is 28.4 Å². The fraction of sp³-hybridized carbons (Fsp3) is 0.188. The first-order valence-electron chi connectivity index (χ1n) is 6.35. The second-order valence-corrected chi connectivity index (χ2v) is 5.46. The Morgan fingerprint density at radius 2 is 1.95 bits per heavy atom. The quantitative estimate of drug-likeness (QED) is 0.563. The van der Waals surface area contributed by atoms with Crippen LogP contribution in [0.15, 0.2) is 42.5 Å². The first-order valence-corrected chi connectivity index (χ1v) is 7.43. The van der Waals surface area contributed by atoms with Gasteiger partial charge in [0.2, 0.25) is 0 Å². The Hall–Kier alpha value is -1.43. The molecule has 0 aromatic heterocycles. The average Bonchev–Trinajstić information content (AvgIpc) is 2.45. The molecule has 0 unspecified atom stereocenters. The number of ketones is 1. The maximum absolute atomic E-state index is 13.1. The van der Waals surface area contributed by atoms with Gasteiger partial charge in [0.05, 0.1) is 12.2 Å². The monoisotopic (exact) mass is 384 g/mol. The van der Waals surface area contributed by atoms with Crippen molar-refractivity contribution in [3.8, 4) is 5.75 Å². The van der Waals surface area contributed by atoms with Gasteiger partial charge < -0.3 is 4.74 Å². The zero-order valence-electron chi connectivity index (χ0n) is 11.0. The van der Waals surface area contributed by atoms with Crippen molar-refractivity contribution in [1.29, 1.82) is 0 Å². The Labute approximate surface area is 131 Å². The SMILES string of the molecule is CCCOc1ccccc1C(=O)c1ccc(F)cc1I. The number of benzene rings is 2. The largest absolute Gasteiger partial charge is 0.493 e. The summed E-state index contributed by atoms with van der Waals surface area (Å²) in [5, 5.41) is 0. The third-order valence-electron chi connectivity index (χ3n) is 2.77. The highest BCUT2D eigenvalue weighted by Gasteiger charge is 2.17. The summed E-state index contributed by atoms with van der Waals surface area (Å²) >= 11 is 1.97. The molecular weight excluding hydrogens is 370 g/mol. The molecule has 0 heterocycles. The van der Waals surface area contributed by atoms with Gasteiger partial charge >= 0.3 is 0 Å². The van der Waals surface area contributed by atoms with Crippen molar-refractivity contribution in [2.75, 3.05) is 6.61 Å². The summed E-state index contributed by atoms with van der Waals surface area (Å²) in [7, 11) is 0. The molecule has 0 radical (unpaired) electrons. The molecule has 104 valence electrons. The van der Waals surface area contributed by atoms with Gasteiger partial charge in [0.1, 0.15) is 11.6 Å². The molecule has 0 saturated carbocycles. The highest BCUT2D eigenvalue weighted by atomic mass is 127. The third kappa shape index (κ3) is 3.36. The number of halogens is 2.